The Morgan fingerprint density at radius 3 is 2.70 bits per heavy atom. The first-order chi connectivity index (χ1) is 9.67. The highest BCUT2D eigenvalue weighted by atomic mass is 16.5. The lowest BCUT2D eigenvalue weighted by Gasteiger charge is -2.36. The molecule has 0 aromatic carbocycles. The summed E-state index contributed by atoms with van der Waals surface area (Å²) in [6.07, 6.45) is 11.8. The molecular formula is C16H29N3O. The highest BCUT2D eigenvalue weighted by Crippen LogP contribution is 2.42. The van der Waals surface area contributed by atoms with E-state index in [0.29, 0.717) is 11.9 Å². The Labute approximate surface area is 122 Å². The van der Waals surface area contributed by atoms with Gasteiger partial charge in [-0.05, 0) is 45.1 Å². The molecule has 0 bridgehead atoms. The van der Waals surface area contributed by atoms with Gasteiger partial charge in [0.05, 0.1) is 17.5 Å². The van der Waals surface area contributed by atoms with Crippen LogP contribution < -0.4 is 5.73 Å². The number of nitrogens with one attached hydrogen (secondary N) is 1. The van der Waals surface area contributed by atoms with E-state index in [1.54, 1.807) is 0 Å². The summed E-state index contributed by atoms with van der Waals surface area (Å²) in [4.78, 5) is 2.47. The monoisotopic (exact) mass is 279 g/mol. The summed E-state index contributed by atoms with van der Waals surface area (Å²) in [5.74, 6) is 0.639. The third-order valence-electron chi connectivity index (χ3n) is 5.51. The van der Waals surface area contributed by atoms with Crippen LogP contribution in [0.3, 0.4) is 0 Å². The molecule has 4 nitrogen and oxygen atoms in total. The van der Waals surface area contributed by atoms with Crippen molar-refractivity contribution in [3.05, 3.63) is 0 Å². The number of likely N-dealkylation sites (tertiary alicyclic amines) is 1. The van der Waals surface area contributed by atoms with Crippen molar-refractivity contribution in [2.75, 3.05) is 19.6 Å². The standard InChI is InChI=1S/C16H29N3O/c17-15(18)13-5-4-10-19(11-13)12-14-6-9-16(20-14)7-2-1-3-8-16/h13-14H,1-12H2,(H3,17,18). The molecule has 0 aromatic heterocycles. The highest BCUT2D eigenvalue weighted by Gasteiger charge is 2.41. The lowest BCUT2D eigenvalue weighted by Crippen LogP contribution is -2.44. The molecule has 2 unspecified atom stereocenters. The summed E-state index contributed by atoms with van der Waals surface area (Å²) in [5.41, 5.74) is 5.91. The molecule has 0 aromatic rings. The largest absolute Gasteiger partial charge is 0.387 e. The molecule has 1 aliphatic carbocycles. The Bertz CT molecular complexity index is 352. The minimum Gasteiger partial charge on any atom is -0.387 e. The van der Waals surface area contributed by atoms with Crippen molar-refractivity contribution in [2.45, 2.75) is 69.5 Å². The number of ether oxygens (including phenoxy) is 1. The number of nitrogens with zero attached hydrogens (tertiary/aromatic N) is 1. The third-order valence-corrected chi connectivity index (χ3v) is 5.51. The Hall–Kier alpha value is -0.610. The van der Waals surface area contributed by atoms with E-state index in [9.17, 15) is 0 Å². The van der Waals surface area contributed by atoms with E-state index in [4.69, 9.17) is 15.9 Å². The molecule has 20 heavy (non-hydrogen) atoms. The summed E-state index contributed by atoms with van der Waals surface area (Å²) < 4.78 is 6.46. The Morgan fingerprint density at radius 2 is 1.95 bits per heavy atom. The molecule has 1 saturated carbocycles. The van der Waals surface area contributed by atoms with Gasteiger partial charge in [0.15, 0.2) is 0 Å². The normalized spacial score (nSPS) is 34.4. The first-order valence-corrected chi connectivity index (χ1v) is 8.41. The maximum atomic E-state index is 7.64. The molecular weight excluding hydrogens is 250 g/mol. The molecule has 3 fully saturated rings. The molecule has 2 aliphatic heterocycles. The SMILES string of the molecule is N=C(N)C1CCCN(CC2CCC3(CCCCC3)O2)C1. The van der Waals surface area contributed by atoms with Crippen LogP contribution in [0.4, 0.5) is 0 Å². The van der Waals surface area contributed by atoms with E-state index < -0.39 is 0 Å². The van der Waals surface area contributed by atoms with Crippen LogP contribution in [0.1, 0.15) is 57.8 Å². The molecule has 3 rings (SSSR count). The average molecular weight is 279 g/mol. The van der Waals surface area contributed by atoms with E-state index in [1.165, 1.54) is 51.4 Å². The van der Waals surface area contributed by atoms with Gasteiger partial charge in [0.25, 0.3) is 0 Å². The first-order valence-electron chi connectivity index (χ1n) is 8.41. The van der Waals surface area contributed by atoms with Gasteiger partial charge in [-0.2, -0.15) is 0 Å². The molecule has 114 valence electrons. The van der Waals surface area contributed by atoms with Crippen LogP contribution in [0.25, 0.3) is 0 Å². The summed E-state index contributed by atoms with van der Waals surface area (Å²) in [6.45, 7) is 3.16. The summed E-state index contributed by atoms with van der Waals surface area (Å²) in [5, 5.41) is 7.64. The predicted molar refractivity (Wildman–Crippen MR) is 81.0 cm³/mol. The molecule has 2 atom stereocenters. The number of hydrogen-bond acceptors (Lipinski definition) is 3. The third kappa shape index (κ3) is 3.17. The van der Waals surface area contributed by atoms with Gasteiger partial charge in [0.1, 0.15) is 0 Å². The van der Waals surface area contributed by atoms with Gasteiger partial charge in [-0.25, -0.2) is 0 Å². The van der Waals surface area contributed by atoms with Gasteiger partial charge in [-0.1, -0.05) is 19.3 Å². The van der Waals surface area contributed by atoms with E-state index in [-0.39, 0.29) is 11.5 Å². The van der Waals surface area contributed by atoms with Crippen molar-refractivity contribution < 1.29 is 4.74 Å². The van der Waals surface area contributed by atoms with Crippen LogP contribution in [0, 0.1) is 11.3 Å². The summed E-state index contributed by atoms with van der Waals surface area (Å²) in [7, 11) is 0. The zero-order valence-electron chi connectivity index (χ0n) is 12.6. The fraction of sp³-hybridized carbons (Fsp3) is 0.938. The number of amidine groups is 1. The summed E-state index contributed by atoms with van der Waals surface area (Å²) >= 11 is 0. The number of piperidine rings is 1. The van der Waals surface area contributed by atoms with Crippen LogP contribution in [-0.4, -0.2) is 42.1 Å². The second-order valence-corrected chi connectivity index (χ2v) is 7.08. The molecule has 0 radical (unpaired) electrons. The van der Waals surface area contributed by atoms with Crippen LogP contribution in [0.2, 0.25) is 0 Å². The van der Waals surface area contributed by atoms with Gasteiger partial charge in [0, 0.05) is 19.0 Å². The predicted octanol–water partition coefficient (Wildman–Crippen LogP) is 2.52. The van der Waals surface area contributed by atoms with Crippen LogP contribution in [0.15, 0.2) is 0 Å². The zero-order valence-corrected chi connectivity index (χ0v) is 12.6. The van der Waals surface area contributed by atoms with Crippen LogP contribution >= 0.6 is 0 Å². The van der Waals surface area contributed by atoms with Crippen molar-refractivity contribution in [3.63, 3.8) is 0 Å². The maximum Gasteiger partial charge on any atom is 0.0949 e. The molecule has 4 heteroatoms. The average Bonchev–Trinajstić information content (AvgIpc) is 2.82. The van der Waals surface area contributed by atoms with Gasteiger partial charge in [-0.3, -0.25) is 5.41 Å². The number of rotatable bonds is 3. The molecule has 0 amide bonds. The zero-order chi connectivity index (χ0) is 14.0. The topological polar surface area (TPSA) is 62.3 Å². The van der Waals surface area contributed by atoms with Gasteiger partial charge in [0.2, 0.25) is 0 Å². The fourth-order valence-corrected chi connectivity index (χ4v) is 4.35. The second kappa shape index (κ2) is 6.02. The summed E-state index contributed by atoms with van der Waals surface area (Å²) in [6, 6.07) is 0. The molecule has 3 aliphatic rings. The lowest BCUT2D eigenvalue weighted by molar-refractivity contribution is -0.0734. The van der Waals surface area contributed by atoms with Crippen molar-refractivity contribution in [1.29, 1.82) is 5.41 Å². The fourth-order valence-electron chi connectivity index (χ4n) is 4.35. The van der Waals surface area contributed by atoms with Gasteiger partial charge in [-0.15, -0.1) is 0 Å². The smallest absolute Gasteiger partial charge is 0.0949 e. The molecule has 3 N–H and O–H groups in total. The van der Waals surface area contributed by atoms with Gasteiger partial charge < -0.3 is 15.4 Å². The van der Waals surface area contributed by atoms with Crippen molar-refractivity contribution >= 4 is 5.84 Å². The Balaban J connectivity index is 1.50. The minimum absolute atomic E-state index is 0.235. The number of nitrogens with two attached hydrogens (primary N) is 1. The van der Waals surface area contributed by atoms with Gasteiger partial charge >= 0.3 is 0 Å². The van der Waals surface area contributed by atoms with Crippen LogP contribution in [0.5, 0.6) is 0 Å². The lowest BCUT2D eigenvalue weighted by atomic mass is 9.83. The Kier molecular flexibility index (Phi) is 4.32. The van der Waals surface area contributed by atoms with E-state index >= 15 is 0 Å². The van der Waals surface area contributed by atoms with Crippen molar-refractivity contribution in [3.8, 4) is 0 Å². The highest BCUT2D eigenvalue weighted by molar-refractivity contribution is 5.79. The maximum absolute atomic E-state index is 7.64. The van der Waals surface area contributed by atoms with Crippen molar-refractivity contribution in [1.82, 2.24) is 4.90 Å². The van der Waals surface area contributed by atoms with E-state index in [0.717, 1.165) is 26.1 Å². The molecule has 2 saturated heterocycles. The molecule has 2 heterocycles. The Morgan fingerprint density at radius 1 is 1.15 bits per heavy atom. The van der Waals surface area contributed by atoms with E-state index in [2.05, 4.69) is 4.90 Å². The molecule has 1 spiro atoms. The van der Waals surface area contributed by atoms with E-state index in [1.807, 2.05) is 0 Å². The van der Waals surface area contributed by atoms with Crippen LogP contribution in [-0.2, 0) is 4.74 Å². The second-order valence-electron chi connectivity index (χ2n) is 7.08. The van der Waals surface area contributed by atoms with Crippen molar-refractivity contribution in [2.24, 2.45) is 11.7 Å². The first kappa shape index (κ1) is 14.3. The minimum atomic E-state index is 0.235. The number of hydrogen-bond donors (Lipinski definition) is 2. The quantitative estimate of drug-likeness (QED) is 0.616.